The molecule has 0 heterocycles. The topological polar surface area (TPSA) is 46.6 Å². The second-order valence-corrected chi connectivity index (χ2v) is 5.04. The lowest BCUT2D eigenvalue weighted by Crippen LogP contribution is -2.27. The standard InChI is InChI=1S/C10H15NO3S/c1-4-9-7-5-6-8-10(9)14-15(12,13)11(2)3/h5-8H,4H2,1-3H3. The molecule has 0 radical (unpaired) electrons. The first-order valence-corrected chi connectivity index (χ1v) is 6.03. The zero-order valence-electron chi connectivity index (χ0n) is 9.10. The molecule has 0 aliphatic rings. The predicted octanol–water partition coefficient (Wildman–Crippen LogP) is 1.43. The van der Waals surface area contributed by atoms with Gasteiger partial charge in [0.2, 0.25) is 0 Å². The third-order valence-corrected chi connectivity index (χ3v) is 3.28. The van der Waals surface area contributed by atoms with Gasteiger partial charge in [0.25, 0.3) is 0 Å². The number of hydrogen-bond acceptors (Lipinski definition) is 3. The van der Waals surface area contributed by atoms with Crippen LogP contribution in [0.2, 0.25) is 0 Å². The summed E-state index contributed by atoms with van der Waals surface area (Å²) in [6.45, 7) is 1.95. The number of benzene rings is 1. The smallest absolute Gasteiger partial charge is 0.370 e. The highest BCUT2D eigenvalue weighted by Crippen LogP contribution is 2.20. The molecule has 84 valence electrons. The molecule has 0 fully saturated rings. The van der Waals surface area contributed by atoms with Gasteiger partial charge in [0.15, 0.2) is 0 Å². The van der Waals surface area contributed by atoms with Crippen LogP contribution in [0.5, 0.6) is 5.75 Å². The first-order valence-electron chi connectivity index (χ1n) is 4.67. The predicted molar refractivity (Wildman–Crippen MR) is 59.1 cm³/mol. The number of rotatable bonds is 4. The minimum atomic E-state index is -3.65. The van der Waals surface area contributed by atoms with E-state index >= 15 is 0 Å². The van der Waals surface area contributed by atoms with Gasteiger partial charge in [0.1, 0.15) is 5.75 Å². The van der Waals surface area contributed by atoms with E-state index in [1.807, 2.05) is 19.1 Å². The van der Waals surface area contributed by atoms with E-state index in [-0.39, 0.29) is 0 Å². The summed E-state index contributed by atoms with van der Waals surface area (Å²) < 4.78 is 29.0. The quantitative estimate of drug-likeness (QED) is 0.784. The van der Waals surface area contributed by atoms with Gasteiger partial charge in [-0.05, 0) is 18.1 Å². The minimum absolute atomic E-state index is 0.397. The number of hydrogen-bond donors (Lipinski definition) is 0. The van der Waals surface area contributed by atoms with E-state index in [2.05, 4.69) is 0 Å². The zero-order chi connectivity index (χ0) is 11.5. The van der Waals surface area contributed by atoms with Crippen LogP contribution in [0.25, 0.3) is 0 Å². The van der Waals surface area contributed by atoms with E-state index in [1.165, 1.54) is 14.1 Å². The van der Waals surface area contributed by atoms with Crippen LogP contribution in [0.1, 0.15) is 12.5 Å². The van der Waals surface area contributed by atoms with E-state index in [1.54, 1.807) is 12.1 Å². The second-order valence-electron chi connectivity index (χ2n) is 3.28. The largest absolute Gasteiger partial charge is 0.384 e. The van der Waals surface area contributed by atoms with E-state index in [9.17, 15) is 8.42 Å². The van der Waals surface area contributed by atoms with E-state index in [0.29, 0.717) is 5.75 Å². The van der Waals surface area contributed by atoms with E-state index < -0.39 is 10.3 Å². The molecule has 0 N–H and O–H groups in total. The maximum Gasteiger partial charge on any atom is 0.384 e. The fourth-order valence-corrected chi connectivity index (χ4v) is 1.60. The minimum Gasteiger partial charge on any atom is -0.370 e. The van der Waals surface area contributed by atoms with Crippen molar-refractivity contribution < 1.29 is 12.6 Å². The molecule has 4 nitrogen and oxygen atoms in total. The van der Waals surface area contributed by atoms with Crippen molar-refractivity contribution in [3.05, 3.63) is 29.8 Å². The van der Waals surface area contributed by atoms with Crippen LogP contribution in [0, 0.1) is 0 Å². The Bertz CT molecular complexity index is 426. The van der Waals surface area contributed by atoms with Crippen molar-refractivity contribution in [3.8, 4) is 5.75 Å². The third kappa shape index (κ3) is 2.94. The van der Waals surface area contributed by atoms with Gasteiger partial charge in [-0.2, -0.15) is 12.7 Å². The SMILES string of the molecule is CCc1ccccc1OS(=O)(=O)N(C)C. The molecule has 0 saturated carbocycles. The molecule has 0 atom stereocenters. The van der Waals surface area contributed by atoms with Crippen molar-refractivity contribution in [2.75, 3.05) is 14.1 Å². The monoisotopic (exact) mass is 229 g/mol. The Labute approximate surface area is 90.7 Å². The number of para-hydroxylation sites is 1. The molecule has 0 saturated heterocycles. The van der Waals surface area contributed by atoms with Crippen LogP contribution in [0.15, 0.2) is 24.3 Å². The van der Waals surface area contributed by atoms with Gasteiger partial charge in [-0.15, -0.1) is 0 Å². The summed E-state index contributed by atoms with van der Waals surface area (Å²) in [6, 6.07) is 7.11. The molecule has 5 heteroatoms. The van der Waals surface area contributed by atoms with Crippen LogP contribution in [-0.4, -0.2) is 26.8 Å². The Morgan fingerprint density at radius 2 is 1.87 bits per heavy atom. The summed E-state index contributed by atoms with van der Waals surface area (Å²) in [5, 5.41) is 0. The lowest BCUT2D eigenvalue weighted by molar-refractivity contribution is 0.419. The normalized spacial score (nSPS) is 11.7. The first kappa shape index (κ1) is 12.0. The van der Waals surface area contributed by atoms with Crippen molar-refractivity contribution in [2.45, 2.75) is 13.3 Å². The van der Waals surface area contributed by atoms with Gasteiger partial charge >= 0.3 is 10.3 Å². The lowest BCUT2D eigenvalue weighted by atomic mass is 10.1. The zero-order valence-corrected chi connectivity index (χ0v) is 9.91. The molecule has 0 aromatic heterocycles. The Morgan fingerprint density at radius 1 is 1.27 bits per heavy atom. The van der Waals surface area contributed by atoms with Crippen LogP contribution >= 0.6 is 0 Å². The van der Waals surface area contributed by atoms with Crippen LogP contribution in [0.4, 0.5) is 0 Å². The second kappa shape index (κ2) is 4.63. The van der Waals surface area contributed by atoms with Gasteiger partial charge in [0.05, 0.1) is 0 Å². The highest BCUT2D eigenvalue weighted by atomic mass is 32.2. The highest BCUT2D eigenvalue weighted by molar-refractivity contribution is 7.84. The summed E-state index contributed by atoms with van der Waals surface area (Å²) in [4.78, 5) is 0. The van der Waals surface area contributed by atoms with E-state index in [0.717, 1.165) is 16.3 Å². The summed E-state index contributed by atoms with van der Waals surface area (Å²) in [7, 11) is -0.782. The lowest BCUT2D eigenvalue weighted by Gasteiger charge is -2.13. The van der Waals surface area contributed by atoms with Gasteiger partial charge in [-0.3, -0.25) is 0 Å². The summed E-state index contributed by atoms with van der Waals surface area (Å²) in [6.07, 6.45) is 0.735. The molecule has 0 aliphatic heterocycles. The van der Waals surface area contributed by atoms with Crippen LogP contribution in [-0.2, 0) is 16.7 Å². The van der Waals surface area contributed by atoms with Crippen molar-refractivity contribution in [2.24, 2.45) is 0 Å². The van der Waals surface area contributed by atoms with Crippen LogP contribution < -0.4 is 4.18 Å². The maximum absolute atomic E-state index is 11.5. The Kier molecular flexibility index (Phi) is 3.71. The highest BCUT2D eigenvalue weighted by Gasteiger charge is 2.16. The molecule has 0 amide bonds. The first-order chi connectivity index (χ1) is 6.97. The van der Waals surface area contributed by atoms with Crippen molar-refractivity contribution in [1.29, 1.82) is 0 Å². The molecule has 0 unspecified atom stereocenters. The maximum atomic E-state index is 11.5. The number of aryl methyl sites for hydroxylation is 1. The molecular formula is C10H15NO3S. The van der Waals surface area contributed by atoms with Gasteiger partial charge in [-0.25, -0.2) is 0 Å². The number of nitrogens with zero attached hydrogens (tertiary/aromatic N) is 1. The van der Waals surface area contributed by atoms with Crippen molar-refractivity contribution in [3.63, 3.8) is 0 Å². The van der Waals surface area contributed by atoms with Gasteiger partial charge in [-0.1, -0.05) is 25.1 Å². The van der Waals surface area contributed by atoms with Gasteiger partial charge in [0, 0.05) is 14.1 Å². The average Bonchev–Trinajstić information content (AvgIpc) is 2.18. The Balaban J connectivity index is 3.00. The Hall–Kier alpha value is -1.07. The van der Waals surface area contributed by atoms with Crippen molar-refractivity contribution in [1.82, 2.24) is 4.31 Å². The average molecular weight is 229 g/mol. The third-order valence-electron chi connectivity index (χ3n) is 2.00. The summed E-state index contributed by atoms with van der Waals surface area (Å²) in [5.41, 5.74) is 0.878. The molecule has 1 aromatic rings. The van der Waals surface area contributed by atoms with Crippen molar-refractivity contribution >= 4 is 10.3 Å². The summed E-state index contributed by atoms with van der Waals surface area (Å²) >= 11 is 0. The fraction of sp³-hybridized carbons (Fsp3) is 0.400. The molecule has 0 aliphatic carbocycles. The molecule has 0 spiro atoms. The Morgan fingerprint density at radius 3 is 2.40 bits per heavy atom. The van der Waals surface area contributed by atoms with Crippen LogP contribution in [0.3, 0.4) is 0 Å². The molecule has 15 heavy (non-hydrogen) atoms. The fourth-order valence-electron chi connectivity index (χ4n) is 1.07. The molecular weight excluding hydrogens is 214 g/mol. The van der Waals surface area contributed by atoms with Gasteiger partial charge < -0.3 is 4.18 Å². The van der Waals surface area contributed by atoms with E-state index in [4.69, 9.17) is 4.18 Å². The molecule has 1 aromatic carbocycles. The summed E-state index contributed by atoms with van der Waals surface area (Å²) in [5.74, 6) is 0.397. The molecule has 0 bridgehead atoms. The molecule has 1 rings (SSSR count).